The topological polar surface area (TPSA) is 49.3 Å². The minimum absolute atomic E-state index is 0.00616. The van der Waals surface area contributed by atoms with Gasteiger partial charge < -0.3 is 10.4 Å². The van der Waals surface area contributed by atoms with E-state index in [4.69, 9.17) is 0 Å². The number of amides is 1. The number of aliphatic hydroxyl groups excluding tert-OH is 1. The zero-order valence-electron chi connectivity index (χ0n) is 12.6. The fourth-order valence-electron chi connectivity index (χ4n) is 2.14. The number of thioether (sulfide) groups is 1. The lowest BCUT2D eigenvalue weighted by molar-refractivity contribution is -0.119. The molecule has 0 aromatic heterocycles. The molecule has 2 aromatic rings. The van der Waals surface area contributed by atoms with Crippen LogP contribution in [-0.4, -0.2) is 22.5 Å². The zero-order chi connectivity index (χ0) is 15.8. The van der Waals surface area contributed by atoms with Crippen LogP contribution in [0.3, 0.4) is 0 Å². The van der Waals surface area contributed by atoms with Crippen LogP contribution in [-0.2, 0) is 4.79 Å². The summed E-state index contributed by atoms with van der Waals surface area (Å²) in [6, 6.07) is 19.4. The zero-order valence-corrected chi connectivity index (χ0v) is 13.4. The molecule has 2 unspecified atom stereocenters. The highest BCUT2D eigenvalue weighted by Crippen LogP contribution is 2.18. The summed E-state index contributed by atoms with van der Waals surface area (Å²) in [5.41, 5.74) is 1.97. The second-order valence-electron chi connectivity index (χ2n) is 5.14. The third kappa shape index (κ3) is 5.20. The molecule has 2 aromatic carbocycles. The van der Waals surface area contributed by atoms with Gasteiger partial charge in [0.1, 0.15) is 0 Å². The molecular weight excluding hydrogens is 294 g/mol. The molecule has 1 amide bonds. The fraction of sp³-hybridized carbons (Fsp3) is 0.278. The summed E-state index contributed by atoms with van der Waals surface area (Å²) in [5.74, 6) is 0.847. The smallest absolute Gasteiger partial charge is 0.230 e. The molecule has 0 bridgehead atoms. The largest absolute Gasteiger partial charge is 0.388 e. The summed E-state index contributed by atoms with van der Waals surface area (Å²) in [7, 11) is 0. The number of aliphatic hydroxyl groups is 1. The first kappa shape index (κ1) is 16.6. The molecule has 0 radical (unpaired) electrons. The summed E-state index contributed by atoms with van der Waals surface area (Å²) >= 11 is 1.44. The van der Waals surface area contributed by atoms with Crippen molar-refractivity contribution in [1.82, 2.24) is 5.32 Å². The summed E-state index contributed by atoms with van der Waals surface area (Å²) in [4.78, 5) is 11.9. The second kappa shape index (κ2) is 8.61. The van der Waals surface area contributed by atoms with Crippen molar-refractivity contribution in [3.63, 3.8) is 0 Å². The van der Waals surface area contributed by atoms with Crippen molar-refractivity contribution >= 4 is 17.7 Å². The Hall–Kier alpha value is -1.78. The van der Waals surface area contributed by atoms with Crippen molar-refractivity contribution in [2.45, 2.75) is 19.1 Å². The molecule has 0 spiro atoms. The van der Waals surface area contributed by atoms with Gasteiger partial charge in [0.25, 0.3) is 0 Å². The Morgan fingerprint density at radius 1 is 1.05 bits per heavy atom. The van der Waals surface area contributed by atoms with E-state index in [0.29, 0.717) is 11.5 Å². The monoisotopic (exact) mass is 315 g/mol. The van der Waals surface area contributed by atoms with Gasteiger partial charge in [-0.2, -0.15) is 0 Å². The highest BCUT2D eigenvalue weighted by molar-refractivity contribution is 7.99. The number of hydrogen-bond acceptors (Lipinski definition) is 3. The fourth-order valence-corrected chi connectivity index (χ4v) is 2.95. The van der Waals surface area contributed by atoms with Crippen LogP contribution in [0.1, 0.15) is 30.2 Å². The van der Waals surface area contributed by atoms with Crippen molar-refractivity contribution in [2.24, 2.45) is 0 Å². The average Bonchev–Trinajstić information content (AvgIpc) is 2.56. The summed E-state index contributed by atoms with van der Waals surface area (Å²) < 4.78 is 0. The molecule has 0 aliphatic rings. The van der Waals surface area contributed by atoms with Crippen LogP contribution in [0.15, 0.2) is 60.7 Å². The molecule has 0 aliphatic carbocycles. The van der Waals surface area contributed by atoms with E-state index in [-0.39, 0.29) is 11.9 Å². The molecule has 4 heteroatoms. The average molecular weight is 315 g/mol. The normalized spacial score (nSPS) is 13.4. The van der Waals surface area contributed by atoms with Crippen LogP contribution >= 0.6 is 11.8 Å². The molecule has 0 saturated heterocycles. The van der Waals surface area contributed by atoms with E-state index in [1.807, 2.05) is 67.6 Å². The Labute approximate surface area is 135 Å². The van der Waals surface area contributed by atoms with E-state index in [2.05, 4.69) is 5.32 Å². The maximum absolute atomic E-state index is 11.9. The van der Waals surface area contributed by atoms with Gasteiger partial charge in [-0.3, -0.25) is 4.79 Å². The van der Waals surface area contributed by atoms with Crippen LogP contribution in [0, 0.1) is 0 Å². The van der Waals surface area contributed by atoms with Gasteiger partial charge in [0.05, 0.1) is 17.9 Å². The van der Waals surface area contributed by atoms with E-state index in [1.54, 1.807) is 0 Å². The number of hydrogen-bond donors (Lipinski definition) is 2. The highest BCUT2D eigenvalue weighted by atomic mass is 32.2. The van der Waals surface area contributed by atoms with Gasteiger partial charge in [0.15, 0.2) is 0 Å². The predicted molar refractivity (Wildman–Crippen MR) is 91.7 cm³/mol. The SMILES string of the molecule is CC(NC(=O)CSCC(O)c1ccccc1)c1ccccc1. The molecule has 0 saturated carbocycles. The number of carbonyl (C=O) groups is 1. The van der Waals surface area contributed by atoms with E-state index >= 15 is 0 Å². The van der Waals surface area contributed by atoms with Crippen molar-refractivity contribution in [3.05, 3.63) is 71.8 Å². The molecule has 0 aliphatic heterocycles. The van der Waals surface area contributed by atoms with E-state index < -0.39 is 6.10 Å². The lowest BCUT2D eigenvalue weighted by Gasteiger charge is -2.15. The first-order valence-electron chi connectivity index (χ1n) is 7.32. The van der Waals surface area contributed by atoms with E-state index in [9.17, 15) is 9.90 Å². The molecule has 2 rings (SSSR count). The minimum Gasteiger partial charge on any atom is -0.388 e. The van der Waals surface area contributed by atoms with Gasteiger partial charge in [-0.1, -0.05) is 60.7 Å². The second-order valence-corrected chi connectivity index (χ2v) is 6.17. The first-order chi connectivity index (χ1) is 10.7. The van der Waals surface area contributed by atoms with Crippen LogP contribution < -0.4 is 5.32 Å². The Morgan fingerprint density at radius 2 is 1.59 bits per heavy atom. The number of nitrogens with one attached hydrogen (secondary N) is 1. The third-order valence-electron chi connectivity index (χ3n) is 3.37. The van der Waals surface area contributed by atoms with E-state index in [1.165, 1.54) is 11.8 Å². The van der Waals surface area contributed by atoms with Crippen molar-refractivity contribution in [2.75, 3.05) is 11.5 Å². The van der Waals surface area contributed by atoms with Gasteiger partial charge in [-0.25, -0.2) is 0 Å². The molecule has 116 valence electrons. The van der Waals surface area contributed by atoms with Gasteiger partial charge in [-0.15, -0.1) is 11.8 Å². The first-order valence-corrected chi connectivity index (χ1v) is 8.47. The van der Waals surface area contributed by atoms with E-state index in [0.717, 1.165) is 11.1 Å². The van der Waals surface area contributed by atoms with Crippen LogP contribution in [0.2, 0.25) is 0 Å². The third-order valence-corrected chi connectivity index (χ3v) is 4.39. The van der Waals surface area contributed by atoms with Gasteiger partial charge in [-0.05, 0) is 18.1 Å². The number of carbonyl (C=O) groups excluding carboxylic acids is 1. The molecule has 3 nitrogen and oxygen atoms in total. The molecular formula is C18H21NO2S. The Kier molecular flexibility index (Phi) is 6.49. The number of rotatable bonds is 7. The maximum atomic E-state index is 11.9. The van der Waals surface area contributed by atoms with Crippen molar-refractivity contribution in [1.29, 1.82) is 0 Å². The molecule has 2 atom stereocenters. The Bertz CT molecular complexity index is 574. The standard InChI is InChI=1S/C18H21NO2S/c1-14(15-8-4-2-5-9-15)19-18(21)13-22-12-17(20)16-10-6-3-7-11-16/h2-11,14,17,20H,12-13H2,1H3,(H,19,21). The molecule has 22 heavy (non-hydrogen) atoms. The predicted octanol–water partition coefficient (Wildman–Crippen LogP) is 3.33. The van der Waals surface area contributed by atoms with Gasteiger partial charge >= 0.3 is 0 Å². The van der Waals surface area contributed by atoms with Crippen molar-refractivity contribution in [3.8, 4) is 0 Å². The number of benzene rings is 2. The quantitative estimate of drug-likeness (QED) is 0.824. The Morgan fingerprint density at radius 3 is 2.18 bits per heavy atom. The van der Waals surface area contributed by atoms with Crippen LogP contribution in [0.4, 0.5) is 0 Å². The molecule has 0 heterocycles. The Balaban J connectivity index is 1.72. The molecule has 0 fully saturated rings. The lowest BCUT2D eigenvalue weighted by Crippen LogP contribution is -2.28. The summed E-state index contributed by atoms with van der Waals surface area (Å²) in [5, 5.41) is 13.0. The summed E-state index contributed by atoms with van der Waals surface area (Å²) in [6.45, 7) is 1.97. The van der Waals surface area contributed by atoms with Crippen molar-refractivity contribution < 1.29 is 9.90 Å². The lowest BCUT2D eigenvalue weighted by atomic mass is 10.1. The van der Waals surface area contributed by atoms with Gasteiger partial charge in [0.2, 0.25) is 5.91 Å². The van der Waals surface area contributed by atoms with Gasteiger partial charge in [0, 0.05) is 5.75 Å². The van der Waals surface area contributed by atoms with Crippen LogP contribution in [0.5, 0.6) is 0 Å². The summed E-state index contributed by atoms with van der Waals surface area (Å²) in [6.07, 6.45) is -0.537. The maximum Gasteiger partial charge on any atom is 0.230 e. The highest BCUT2D eigenvalue weighted by Gasteiger charge is 2.11. The minimum atomic E-state index is -0.537. The van der Waals surface area contributed by atoms with Crippen LogP contribution in [0.25, 0.3) is 0 Å². The molecule has 2 N–H and O–H groups in total.